The summed E-state index contributed by atoms with van der Waals surface area (Å²) >= 11 is 5.60. The number of hydrogen-bond acceptors (Lipinski definition) is 1. The van der Waals surface area contributed by atoms with E-state index >= 15 is 0 Å². The van der Waals surface area contributed by atoms with Crippen LogP contribution in [0.15, 0.2) is 42.5 Å². The third-order valence-electron chi connectivity index (χ3n) is 2.69. The first-order chi connectivity index (χ1) is 8.56. The molecule has 0 aromatic heterocycles. The summed E-state index contributed by atoms with van der Waals surface area (Å²) in [7, 11) is 0. The normalized spacial score (nSPS) is 10.4. The first-order valence-electron chi connectivity index (χ1n) is 5.60. The second-order valence-electron chi connectivity index (χ2n) is 4.22. The predicted molar refractivity (Wildman–Crippen MR) is 70.6 cm³/mol. The highest BCUT2D eigenvalue weighted by Crippen LogP contribution is 2.17. The molecular formula is C15H12ClFO. The molecule has 0 atom stereocenters. The van der Waals surface area contributed by atoms with Crippen LogP contribution in [-0.2, 0) is 6.42 Å². The second kappa shape index (κ2) is 5.32. The van der Waals surface area contributed by atoms with Crippen molar-refractivity contribution >= 4 is 17.4 Å². The lowest BCUT2D eigenvalue weighted by Gasteiger charge is -2.03. The lowest BCUT2D eigenvalue weighted by atomic mass is 10.0. The van der Waals surface area contributed by atoms with Gasteiger partial charge in [0.25, 0.3) is 0 Å². The van der Waals surface area contributed by atoms with Gasteiger partial charge in [-0.05, 0) is 30.7 Å². The van der Waals surface area contributed by atoms with Crippen molar-refractivity contribution < 1.29 is 9.18 Å². The van der Waals surface area contributed by atoms with Gasteiger partial charge in [-0.1, -0.05) is 41.4 Å². The molecule has 0 heterocycles. The van der Waals surface area contributed by atoms with Gasteiger partial charge in [-0.2, -0.15) is 0 Å². The van der Waals surface area contributed by atoms with Crippen molar-refractivity contribution in [3.05, 3.63) is 70.0 Å². The number of aryl methyl sites for hydroxylation is 1. The minimum absolute atomic E-state index is 0.0274. The summed E-state index contributed by atoms with van der Waals surface area (Å²) in [5.74, 6) is -0.522. The smallest absolute Gasteiger partial charge is 0.167 e. The fraction of sp³-hybridized carbons (Fsp3) is 0.133. The van der Waals surface area contributed by atoms with E-state index in [0.29, 0.717) is 11.1 Å². The largest absolute Gasteiger partial charge is 0.294 e. The molecule has 0 aliphatic carbocycles. The average molecular weight is 263 g/mol. The molecule has 2 aromatic carbocycles. The molecular weight excluding hydrogens is 251 g/mol. The number of carbonyl (C=O) groups excluding carboxylic acids is 1. The number of ketones is 1. The van der Waals surface area contributed by atoms with Gasteiger partial charge in [0, 0.05) is 12.0 Å². The molecule has 0 aliphatic heterocycles. The van der Waals surface area contributed by atoms with Crippen LogP contribution in [0.5, 0.6) is 0 Å². The highest BCUT2D eigenvalue weighted by atomic mass is 35.5. The summed E-state index contributed by atoms with van der Waals surface area (Å²) in [6.07, 6.45) is 0.178. The van der Waals surface area contributed by atoms with Crippen LogP contribution in [0.25, 0.3) is 0 Å². The van der Waals surface area contributed by atoms with Crippen molar-refractivity contribution in [2.75, 3.05) is 0 Å². The summed E-state index contributed by atoms with van der Waals surface area (Å²) in [4.78, 5) is 12.0. The maximum Gasteiger partial charge on any atom is 0.167 e. The molecule has 0 fully saturated rings. The van der Waals surface area contributed by atoms with Crippen LogP contribution in [0.4, 0.5) is 4.39 Å². The zero-order valence-corrected chi connectivity index (χ0v) is 10.7. The van der Waals surface area contributed by atoms with Crippen LogP contribution in [-0.4, -0.2) is 5.78 Å². The third kappa shape index (κ3) is 2.96. The lowest BCUT2D eigenvalue weighted by Crippen LogP contribution is -2.04. The number of rotatable bonds is 3. The molecule has 0 radical (unpaired) electrons. The standard InChI is InChI=1S/C15H12ClFO/c1-10-3-2-4-12(7-10)15(18)9-11-5-6-13(16)14(17)8-11/h2-8H,9H2,1H3. The third-order valence-corrected chi connectivity index (χ3v) is 3.00. The van der Waals surface area contributed by atoms with Gasteiger partial charge in [0.1, 0.15) is 5.82 Å². The van der Waals surface area contributed by atoms with E-state index in [2.05, 4.69) is 0 Å². The Hall–Kier alpha value is -1.67. The van der Waals surface area contributed by atoms with E-state index in [9.17, 15) is 9.18 Å². The molecule has 0 unspecified atom stereocenters. The minimum Gasteiger partial charge on any atom is -0.294 e. The Labute approximate surface area is 110 Å². The molecule has 2 aromatic rings. The zero-order valence-electron chi connectivity index (χ0n) is 9.91. The van der Waals surface area contributed by atoms with Crippen LogP contribution in [0.3, 0.4) is 0 Å². The summed E-state index contributed by atoms with van der Waals surface area (Å²) in [6, 6.07) is 11.8. The van der Waals surface area contributed by atoms with Gasteiger partial charge in [-0.3, -0.25) is 4.79 Å². The SMILES string of the molecule is Cc1cccc(C(=O)Cc2ccc(Cl)c(F)c2)c1. The van der Waals surface area contributed by atoms with E-state index in [1.54, 1.807) is 12.1 Å². The van der Waals surface area contributed by atoms with Crippen molar-refractivity contribution in [3.63, 3.8) is 0 Å². The van der Waals surface area contributed by atoms with Crippen molar-refractivity contribution in [2.24, 2.45) is 0 Å². The molecule has 1 nitrogen and oxygen atoms in total. The van der Waals surface area contributed by atoms with Gasteiger partial charge < -0.3 is 0 Å². The number of halogens is 2. The molecule has 3 heteroatoms. The van der Waals surface area contributed by atoms with Gasteiger partial charge >= 0.3 is 0 Å². The number of benzene rings is 2. The Morgan fingerprint density at radius 3 is 2.67 bits per heavy atom. The molecule has 0 saturated carbocycles. The van der Waals surface area contributed by atoms with Gasteiger partial charge in [-0.25, -0.2) is 4.39 Å². The van der Waals surface area contributed by atoms with E-state index in [1.807, 2.05) is 25.1 Å². The van der Waals surface area contributed by atoms with Crippen LogP contribution in [0.1, 0.15) is 21.5 Å². The fourth-order valence-corrected chi connectivity index (χ4v) is 1.87. The molecule has 18 heavy (non-hydrogen) atoms. The molecule has 0 amide bonds. The maximum atomic E-state index is 13.3. The first-order valence-corrected chi connectivity index (χ1v) is 5.98. The summed E-state index contributed by atoms with van der Waals surface area (Å²) in [5, 5.41) is 0.0711. The molecule has 92 valence electrons. The first kappa shape index (κ1) is 12.8. The molecule has 0 bridgehead atoms. The molecule has 2 rings (SSSR count). The van der Waals surface area contributed by atoms with Crippen molar-refractivity contribution in [3.8, 4) is 0 Å². The number of Topliss-reactive ketones (excluding diaryl/α,β-unsaturated/α-hetero) is 1. The van der Waals surface area contributed by atoms with Crippen LogP contribution in [0, 0.1) is 12.7 Å². The summed E-state index contributed by atoms with van der Waals surface area (Å²) in [5.41, 5.74) is 2.30. The van der Waals surface area contributed by atoms with E-state index < -0.39 is 5.82 Å². The van der Waals surface area contributed by atoms with Crippen molar-refractivity contribution in [1.29, 1.82) is 0 Å². The minimum atomic E-state index is -0.494. The monoisotopic (exact) mass is 262 g/mol. The van der Waals surface area contributed by atoms with Gasteiger partial charge in [0.2, 0.25) is 0 Å². The van der Waals surface area contributed by atoms with Crippen LogP contribution >= 0.6 is 11.6 Å². The van der Waals surface area contributed by atoms with E-state index in [1.165, 1.54) is 12.1 Å². The van der Waals surface area contributed by atoms with Crippen molar-refractivity contribution in [2.45, 2.75) is 13.3 Å². The maximum absolute atomic E-state index is 13.3. The quantitative estimate of drug-likeness (QED) is 0.757. The zero-order chi connectivity index (χ0) is 13.1. The number of hydrogen-bond donors (Lipinski definition) is 0. The van der Waals surface area contributed by atoms with Gasteiger partial charge in [0.15, 0.2) is 5.78 Å². The van der Waals surface area contributed by atoms with E-state index in [4.69, 9.17) is 11.6 Å². The Kier molecular flexibility index (Phi) is 3.78. The van der Waals surface area contributed by atoms with Gasteiger partial charge in [0.05, 0.1) is 5.02 Å². The second-order valence-corrected chi connectivity index (χ2v) is 4.63. The average Bonchev–Trinajstić information content (AvgIpc) is 2.34. The predicted octanol–water partition coefficient (Wildman–Crippen LogP) is 4.21. The lowest BCUT2D eigenvalue weighted by molar-refractivity contribution is 0.0993. The summed E-state index contributed by atoms with van der Waals surface area (Å²) in [6.45, 7) is 1.93. The fourth-order valence-electron chi connectivity index (χ4n) is 1.76. The highest BCUT2D eigenvalue weighted by molar-refractivity contribution is 6.30. The van der Waals surface area contributed by atoms with Crippen molar-refractivity contribution in [1.82, 2.24) is 0 Å². The Morgan fingerprint density at radius 2 is 2.00 bits per heavy atom. The van der Waals surface area contributed by atoms with E-state index in [0.717, 1.165) is 5.56 Å². The topological polar surface area (TPSA) is 17.1 Å². The van der Waals surface area contributed by atoms with Crippen LogP contribution in [0.2, 0.25) is 5.02 Å². The molecule has 0 aliphatic rings. The Bertz CT molecular complexity index is 593. The number of carbonyl (C=O) groups is 1. The van der Waals surface area contributed by atoms with Gasteiger partial charge in [-0.15, -0.1) is 0 Å². The Morgan fingerprint density at radius 1 is 1.22 bits per heavy atom. The highest BCUT2D eigenvalue weighted by Gasteiger charge is 2.09. The van der Waals surface area contributed by atoms with Crippen LogP contribution < -0.4 is 0 Å². The summed E-state index contributed by atoms with van der Waals surface area (Å²) < 4.78 is 13.3. The molecule has 0 saturated heterocycles. The van der Waals surface area contributed by atoms with E-state index in [-0.39, 0.29) is 17.2 Å². The molecule has 0 N–H and O–H groups in total. The molecule has 0 spiro atoms. The Balaban J connectivity index is 2.18.